The highest BCUT2D eigenvalue weighted by Crippen LogP contribution is 2.42. The van der Waals surface area contributed by atoms with Crippen molar-refractivity contribution in [3.05, 3.63) is 0 Å². The van der Waals surface area contributed by atoms with Crippen LogP contribution >= 0.6 is 0 Å². The lowest BCUT2D eigenvalue weighted by atomic mass is 9.76. The molecule has 316 valence electrons. The Hall–Kier alpha value is -1.42. The van der Waals surface area contributed by atoms with E-state index in [1.807, 2.05) is 60.5 Å². The number of aliphatic hydroxyl groups excluding tert-OH is 1. The fourth-order valence-electron chi connectivity index (χ4n) is 9.28. The van der Waals surface area contributed by atoms with Gasteiger partial charge in [-0.3, -0.25) is 9.59 Å². The van der Waals surface area contributed by atoms with Crippen LogP contribution in [0.15, 0.2) is 0 Å². The third kappa shape index (κ3) is 10.5. The van der Waals surface area contributed by atoms with E-state index in [-0.39, 0.29) is 48.8 Å². The minimum absolute atomic E-state index is 0.0418. The molecule has 0 radical (unpaired) electrons. The Labute approximate surface area is 325 Å². The first kappa shape index (κ1) is 47.0. The van der Waals surface area contributed by atoms with Crippen LogP contribution in [0.2, 0.25) is 0 Å². The van der Waals surface area contributed by atoms with E-state index in [1.165, 1.54) is 14.0 Å². The van der Waals surface area contributed by atoms with Crippen molar-refractivity contribution in [1.29, 1.82) is 0 Å². The largest absolute Gasteiger partial charge is 0.469 e. The molecule has 0 aliphatic carbocycles. The summed E-state index contributed by atoms with van der Waals surface area (Å²) in [5.74, 6) is -3.99. The van der Waals surface area contributed by atoms with Crippen LogP contribution in [0.4, 0.5) is 0 Å². The van der Waals surface area contributed by atoms with Crippen molar-refractivity contribution in [3.8, 4) is 0 Å². The lowest BCUT2D eigenvalue weighted by Crippen LogP contribution is -2.59. The molecule has 18 atom stereocenters. The smallest absolute Gasteiger partial charge is 0.315 e. The number of methoxy groups -OCH3 is 2. The molecule has 3 N–H and O–H groups in total. The number of cyclic esters (lactones) is 1. The van der Waals surface area contributed by atoms with Crippen LogP contribution in [0, 0.1) is 35.5 Å². The molecule has 0 amide bonds. The van der Waals surface area contributed by atoms with Gasteiger partial charge in [0.1, 0.15) is 17.6 Å². The summed E-state index contributed by atoms with van der Waals surface area (Å²) >= 11 is 0. The molecule has 13 nitrogen and oxygen atoms in total. The van der Waals surface area contributed by atoms with Gasteiger partial charge in [0, 0.05) is 31.4 Å². The quantitative estimate of drug-likeness (QED) is 0.292. The Bertz CT molecular complexity index is 1210. The molecule has 0 aromatic heterocycles. The van der Waals surface area contributed by atoms with Crippen LogP contribution in [0.25, 0.3) is 0 Å². The van der Waals surface area contributed by atoms with E-state index >= 15 is 0 Å². The van der Waals surface area contributed by atoms with Crippen molar-refractivity contribution in [1.82, 2.24) is 4.90 Å². The molecule has 0 aromatic rings. The number of rotatable bonds is 8. The van der Waals surface area contributed by atoms with E-state index in [9.17, 15) is 24.9 Å². The lowest BCUT2D eigenvalue weighted by molar-refractivity contribution is -0.306. The van der Waals surface area contributed by atoms with E-state index in [0.717, 1.165) is 0 Å². The number of carbonyl (C=O) groups excluding carboxylic acids is 2. The van der Waals surface area contributed by atoms with Crippen molar-refractivity contribution in [3.63, 3.8) is 0 Å². The Balaban J connectivity index is 2.21. The first-order chi connectivity index (χ1) is 24.9. The Kier molecular flexibility index (Phi) is 16.4. The average molecular weight is 774 g/mol. The number of hydrogen-bond acceptors (Lipinski definition) is 13. The van der Waals surface area contributed by atoms with Gasteiger partial charge in [-0.25, -0.2) is 0 Å². The van der Waals surface area contributed by atoms with Crippen LogP contribution in [-0.4, -0.2) is 133 Å². The van der Waals surface area contributed by atoms with Crippen molar-refractivity contribution in [2.45, 2.75) is 187 Å². The van der Waals surface area contributed by atoms with Crippen LogP contribution in [0.5, 0.6) is 0 Å². The van der Waals surface area contributed by atoms with Gasteiger partial charge in [-0.1, -0.05) is 41.0 Å². The van der Waals surface area contributed by atoms with Gasteiger partial charge >= 0.3 is 11.9 Å². The van der Waals surface area contributed by atoms with Crippen LogP contribution in [0.3, 0.4) is 0 Å². The fraction of sp³-hybridized carbons (Fsp3) is 0.951. The van der Waals surface area contributed by atoms with Crippen LogP contribution in [0.1, 0.15) is 115 Å². The summed E-state index contributed by atoms with van der Waals surface area (Å²) in [6.07, 6.45) is -3.93. The van der Waals surface area contributed by atoms with E-state index in [4.69, 9.17) is 33.2 Å². The second-order valence-corrected chi connectivity index (χ2v) is 17.9. The van der Waals surface area contributed by atoms with E-state index < -0.39 is 83.5 Å². The fourth-order valence-corrected chi connectivity index (χ4v) is 9.28. The zero-order valence-electron chi connectivity index (χ0n) is 35.9. The van der Waals surface area contributed by atoms with Crippen molar-refractivity contribution in [2.24, 2.45) is 35.5 Å². The zero-order chi connectivity index (χ0) is 41.1. The van der Waals surface area contributed by atoms with E-state index in [0.29, 0.717) is 25.7 Å². The second-order valence-electron chi connectivity index (χ2n) is 17.9. The van der Waals surface area contributed by atoms with Gasteiger partial charge in [-0.15, -0.1) is 0 Å². The Morgan fingerprint density at radius 1 is 0.944 bits per heavy atom. The molecule has 3 heterocycles. The first-order valence-corrected chi connectivity index (χ1v) is 20.2. The van der Waals surface area contributed by atoms with Gasteiger partial charge in [0.15, 0.2) is 12.6 Å². The Morgan fingerprint density at radius 2 is 1.57 bits per heavy atom. The molecule has 3 aliphatic rings. The van der Waals surface area contributed by atoms with E-state index in [1.54, 1.807) is 27.9 Å². The number of carbonyl (C=O) groups is 2. The molecule has 54 heavy (non-hydrogen) atoms. The standard InChI is InChI=1S/C41H75NO12/c1-16-30-41(11,47)34(43)23(3)18-17-22(2)20-39(9,46)35(54-38-32(37(45)48-14)29(42(12)13)19-24(4)50-38)25(5)33(26(6)36(44)52-30)53-31-21-40(10,49-15)27(7)28(8)51-31/h22-35,38,43,46-47H,16-21H2,1-15H3/t22-,23-,24+,25-,26+,27?,28-,29?,30+,31?,32?,33?,34?,35?,38?,39?,40?,41?/m0/s1. The Morgan fingerprint density at radius 3 is 2.13 bits per heavy atom. The second kappa shape index (κ2) is 18.9. The third-order valence-corrected chi connectivity index (χ3v) is 13.2. The average Bonchev–Trinajstić information content (AvgIpc) is 3.10. The highest BCUT2D eigenvalue weighted by molar-refractivity contribution is 5.74. The third-order valence-electron chi connectivity index (χ3n) is 13.2. The molecular formula is C41H75NO12. The first-order valence-electron chi connectivity index (χ1n) is 20.2. The van der Waals surface area contributed by atoms with Crippen LogP contribution < -0.4 is 0 Å². The maximum Gasteiger partial charge on any atom is 0.315 e. The molecule has 3 fully saturated rings. The predicted molar refractivity (Wildman–Crippen MR) is 203 cm³/mol. The van der Waals surface area contributed by atoms with Gasteiger partial charge in [0.05, 0.1) is 54.7 Å². The normalized spacial score (nSPS) is 47.7. The summed E-state index contributed by atoms with van der Waals surface area (Å²) in [5, 5.41) is 35.7. The molecule has 0 bridgehead atoms. The van der Waals surface area contributed by atoms with Gasteiger partial charge in [-0.05, 0) is 93.2 Å². The molecule has 3 saturated heterocycles. The molecule has 0 aromatic carbocycles. The van der Waals surface area contributed by atoms with E-state index in [2.05, 4.69) is 6.92 Å². The summed E-state index contributed by atoms with van der Waals surface area (Å²) < 4.78 is 43.9. The molecule has 11 unspecified atom stereocenters. The summed E-state index contributed by atoms with van der Waals surface area (Å²) in [6, 6.07) is -0.272. The molecule has 0 saturated carbocycles. The highest BCUT2D eigenvalue weighted by atomic mass is 16.7. The van der Waals surface area contributed by atoms with Gasteiger partial charge in [0.2, 0.25) is 0 Å². The topological polar surface area (TPSA) is 163 Å². The molecule has 13 heteroatoms. The lowest BCUT2D eigenvalue weighted by Gasteiger charge is -2.49. The van der Waals surface area contributed by atoms with Crippen LogP contribution in [-0.2, 0) is 42.7 Å². The number of ether oxygens (including phenoxy) is 7. The zero-order valence-corrected chi connectivity index (χ0v) is 35.9. The minimum atomic E-state index is -1.73. The predicted octanol–water partition coefficient (Wildman–Crippen LogP) is 4.70. The SMILES string of the molecule is CC[C@H]1OC(=O)[C@H](C)C(OC2CC(C)(OC)C(C)[C@H](C)O2)[C@H](C)C(OC2O[C@H](C)CC(N(C)C)C2C(=O)OC)C(C)(O)C[C@@H](C)CC[C@H](C)C(O)C1(C)O. The van der Waals surface area contributed by atoms with Crippen molar-refractivity contribution in [2.75, 3.05) is 28.3 Å². The number of aliphatic hydroxyl groups is 3. The summed E-state index contributed by atoms with van der Waals surface area (Å²) in [4.78, 5) is 29.7. The minimum Gasteiger partial charge on any atom is -0.469 e. The number of esters is 2. The number of hydrogen-bond donors (Lipinski definition) is 3. The maximum atomic E-state index is 14.3. The van der Waals surface area contributed by atoms with Gasteiger partial charge in [-0.2, -0.15) is 0 Å². The number of nitrogens with zero attached hydrogens (tertiary/aromatic N) is 1. The maximum absolute atomic E-state index is 14.3. The molecule has 3 rings (SSSR count). The van der Waals surface area contributed by atoms with Gasteiger partial charge < -0.3 is 53.4 Å². The van der Waals surface area contributed by atoms with Crippen molar-refractivity contribution < 1.29 is 58.1 Å². The van der Waals surface area contributed by atoms with Gasteiger partial charge in [0.25, 0.3) is 0 Å². The molecule has 3 aliphatic heterocycles. The summed E-state index contributed by atoms with van der Waals surface area (Å²) in [7, 11) is 6.80. The monoisotopic (exact) mass is 774 g/mol. The summed E-state index contributed by atoms with van der Waals surface area (Å²) in [5.41, 5.74) is -3.85. The highest BCUT2D eigenvalue weighted by Gasteiger charge is 2.53. The van der Waals surface area contributed by atoms with Crippen molar-refractivity contribution >= 4 is 11.9 Å². The summed E-state index contributed by atoms with van der Waals surface area (Å²) in [6.45, 7) is 20.5. The molecule has 0 spiro atoms. The molecular weight excluding hydrogens is 698 g/mol.